The van der Waals surface area contributed by atoms with Crippen LogP contribution in [-0.2, 0) is 6.42 Å². The van der Waals surface area contributed by atoms with Crippen molar-refractivity contribution in [1.29, 1.82) is 0 Å². The van der Waals surface area contributed by atoms with Crippen LogP contribution in [0.3, 0.4) is 0 Å². The summed E-state index contributed by atoms with van der Waals surface area (Å²) in [6.07, 6.45) is 4.43. The summed E-state index contributed by atoms with van der Waals surface area (Å²) in [4.78, 5) is 4.23. The minimum atomic E-state index is 0. The number of fused-ring (bicyclic) bond motifs is 1. The van der Waals surface area contributed by atoms with Crippen LogP contribution in [0.5, 0.6) is 5.75 Å². The van der Waals surface area contributed by atoms with Crippen molar-refractivity contribution in [3.8, 4) is 5.75 Å². The fourth-order valence-electron chi connectivity index (χ4n) is 2.22. The van der Waals surface area contributed by atoms with Gasteiger partial charge in [0.2, 0.25) is 0 Å². The molecule has 1 atom stereocenters. The Morgan fingerprint density at radius 1 is 1.38 bits per heavy atom. The topological polar surface area (TPSA) is 45.7 Å². The number of rotatable bonds is 6. The zero-order valence-electron chi connectivity index (χ0n) is 12.6. The monoisotopic (exact) mass is 421 g/mol. The van der Waals surface area contributed by atoms with Crippen LogP contribution in [0.4, 0.5) is 0 Å². The minimum absolute atomic E-state index is 0. The van der Waals surface area contributed by atoms with Gasteiger partial charge in [-0.15, -0.1) is 24.0 Å². The quantitative estimate of drug-likeness (QED) is 0.321. The van der Waals surface area contributed by atoms with Crippen LogP contribution in [-0.4, -0.2) is 44.2 Å². The molecule has 0 aliphatic carbocycles. The largest absolute Gasteiger partial charge is 0.488 e. The fraction of sp³-hybridized carbons (Fsp3) is 0.533. The number of para-hydroxylation sites is 1. The molecule has 0 fully saturated rings. The summed E-state index contributed by atoms with van der Waals surface area (Å²) in [5.74, 6) is 3.04. The molecule has 0 bridgehead atoms. The normalized spacial score (nSPS) is 16.7. The van der Waals surface area contributed by atoms with Gasteiger partial charge in [-0.1, -0.05) is 18.2 Å². The molecular weight excluding hydrogens is 397 g/mol. The lowest BCUT2D eigenvalue weighted by Crippen LogP contribution is -2.42. The Morgan fingerprint density at radius 2 is 2.19 bits per heavy atom. The van der Waals surface area contributed by atoms with Crippen molar-refractivity contribution >= 4 is 41.7 Å². The molecule has 1 aromatic carbocycles. The van der Waals surface area contributed by atoms with Crippen LogP contribution < -0.4 is 15.4 Å². The number of benzene rings is 1. The molecule has 6 heteroatoms. The summed E-state index contributed by atoms with van der Waals surface area (Å²) in [5, 5.41) is 6.65. The highest BCUT2D eigenvalue weighted by Crippen LogP contribution is 2.27. The van der Waals surface area contributed by atoms with Gasteiger partial charge in [0.05, 0.1) is 6.54 Å². The van der Waals surface area contributed by atoms with E-state index in [-0.39, 0.29) is 30.1 Å². The Morgan fingerprint density at radius 3 is 2.90 bits per heavy atom. The van der Waals surface area contributed by atoms with Gasteiger partial charge in [-0.25, -0.2) is 0 Å². The molecule has 0 saturated heterocycles. The van der Waals surface area contributed by atoms with Crippen LogP contribution in [0.15, 0.2) is 29.3 Å². The fourth-order valence-corrected chi connectivity index (χ4v) is 2.66. The molecule has 0 saturated carbocycles. The first kappa shape index (κ1) is 18.4. The zero-order valence-corrected chi connectivity index (χ0v) is 15.7. The first-order valence-corrected chi connectivity index (χ1v) is 8.41. The van der Waals surface area contributed by atoms with Crippen LogP contribution in [0, 0.1) is 0 Å². The molecule has 0 aromatic heterocycles. The van der Waals surface area contributed by atoms with Crippen molar-refractivity contribution in [2.75, 3.05) is 32.1 Å². The number of guanidine groups is 1. The molecule has 118 valence electrons. The number of hydrogen-bond donors (Lipinski definition) is 2. The Labute approximate surface area is 148 Å². The summed E-state index contributed by atoms with van der Waals surface area (Å²) in [7, 11) is 1.80. The molecule has 2 rings (SSSR count). The number of hydrogen-bond acceptors (Lipinski definition) is 3. The first-order chi connectivity index (χ1) is 9.83. The maximum atomic E-state index is 5.90. The lowest BCUT2D eigenvalue weighted by Gasteiger charge is -2.15. The van der Waals surface area contributed by atoms with Crippen molar-refractivity contribution in [3.63, 3.8) is 0 Å². The molecule has 2 N–H and O–H groups in total. The molecule has 1 aliphatic rings. The number of halogens is 1. The highest BCUT2D eigenvalue weighted by molar-refractivity contribution is 14.0. The van der Waals surface area contributed by atoms with Gasteiger partial charge in [0.15, 0.2) is 5.96 Å². The molecule has 1 aromatic rings. The highest BCUT2D eigenvalue weighted by atomic mass is 127. The van der Waals surface area contributed by atoms with E-state index in [4.69, 9.17) is 4.74 Å². The number of ether oxygens (including phenoxy) is 1. The predicted octanol–water partition coefficient (Wildman–Crippen LogP) is 2.53. The van der Waals surface area contributed by atoms with E-state index < -0.39 is 0 Å². The number of thioether (sulfide) groups is 1. The van der Waals surface area contributed by atoms with E-state index >= 15 is 0 Å². The summed E-state index contributed by atoms with van der Waals surface area (Å²) in [6.45, 7) is 1.73. The second kappa shape index (κ2) is 10.2. The van der Waals surface area contributed by atoms with Crippen molar-refractivity contribution in [1.82, 2.24) is 10.6 Å². The van der Waals surface area contributed by atoms with Crippen LogP contribution in [0.1, 0.15) is 12.0 Å². The Balaban J connectivity index is 0.00000220. The Hall–Kier alpha value is -0.630. The molecule has 21 heavy (non-hydrogen) atoms. The van der Waals surface area contributed by atoms with Crippen LogP contribution >= 0.6 is 35.7 Å². The van der Waals surface area contributed by atoms with E-state index in [9.17, 15) is 0 Å². The molecule has 4 nitrogen and oxygen atoms in total. The van der Waals surface area contributed by atoms with E-state index in [2.05, 4.69) is 34.0 Å². The average Bonchev–Trinajstić information content (AvgIpc) is 2.89. The molecule has 1 aliphatic heterocycles. The number of aliphatic imine (C=N–C) groups is 1. The van der Waals surface area contributed by atoms with E-state index in [0.717, 1.165) is 37.6 Å². The molecule has 0 amide bonds. The van der Waals surface area contributed by atoms with Gasteiger partial charge in [0.1, 0.15) is 11.9 Å². The SMILES string of the molecule is CN=C(NCCCSC)NCC1Cc2ccccc2O1.I. The minimum Gasteiger partial charge on any atom is -0.488 e. The lowest BCUT2D eigenvalue weighted by molar-refractivity contribution is 0.235. The second-order valence-corrected chi connectivity index (χ2v) is 5.76. The molecular formula is C15H24IN3OS. The van der Waals surface area contributed by atoms with Crippen molar-refractivity contribution in [3.05, 3.63) is 29.8 Å². The summed E-state index contributed by atoms with van der Waals surface area (Å²) < 4.78 is 5.90. The van der Waals surface area contributed by atoms with Gasteiger partial charge in [-0.2, -0.15) is 11.8 Å². The third-order valence-electron chi connectivity index (χ3n) is 3.25. The smallest absolute Gasteiger partial charge is 0.191 e. The van der Waals surface area contributed by atoms with Gasteiger partial charge < -0.3 is 15.4 Å². The van der Waals surface area contributed by atoms with Crippen LogP contribution in [0.2, 0.25) is 0 Å². The van der Waals surface area contributed by atoms with Crippen molar-refractivity contribution in [2.45, 2.75) is 18.9 Å². The second-order valence-electron chi connectivity index (χ2n) is 4.78. The van der Waals surface area contributed by atoms with E-state index in [0.29, 0.717) is 0 Å². The van der Waals surface area contributed by atoms with Gasteiger partial charge in [0, 0.05) is 20.0 Å². The molecule has 1 heterocycles. The Bertz CT molecular complexity index is 431. The van der Waals surface area contributed by atoms with E-state index in [1.807, 2.05) is 23.9 Å². The van der Waals surface area contributed by atoms with Gasteiger partial charge in [-0.3, -0.25) is 4.99 Å². The summed E-state index contributed by atoms with van der Waals surface area (Å²) >= 11 is 1.87. The third kappa shape index (κ3) is 5.94. The summed E-state index contributed by atoms with van der Waals surface area (Å²) in [5.41, 5.74) is 1.29. The van der Waals surface area contributed by atoms with Gasteiger partial charge in [0.25, 0.3) is 0 Å². The van der Waals surface area contributed by atoms with E-state index in [1.165, 1.54) is 11.3 Å². The van der Waals surface area contributed by atoms with E-state index in [1.54, 1.807) is 7.05 Å². The maximum absolute atomic E-state index is 5.90. The van der Waals surface area contributed by atoms with Crippen molar-refractivity contribution in [2.24, 2.45) is 4.99 Å². The molecule has 0 spiro atoms. The highest BCUT2D eigenvalue weighted by Gasteiger charge is 2.22. The van der Waals surface area contributed by atoms with Gasteiger partial charge in [-0.05, 0) is 30.1 Å². The number of nitrogens with one attached hydrogen (secondary N) is 2. The standard InChI is InChI=1S/C15H23N3OS.HI/c1-16-15(17-8-5-9-20-2)18-11-13-10-12-6-3-4-7-14(12)19-13;/h3-4,6-7,13H,5,8-11H2,1-2H3,(H2,16,17,18);1H. The first-order valence-electron chi connectivity index (χ1n) is 7.01. The predicted molar refractivity (Wildman–Crippen MR) is 102 cm³/mol. The van der Waals surface area contributed by atoms with Gasteiger partial charge >= 0.3 is 0 Å². The zero-order chi connectivity index (χ0) is 14.2. The molecule has 0 radical (unpaired) electrons. The maximum Gasteiger partial charge on any atom is 0.191 e. The summed E-state index contributed by atoms with van der Waals surface area (Å²) in [6, 6.07) is 8.24. The van der Waals surface area contributed by atoms with Crippen LogP contribution in [0.25, 0.3) is 0 Å². The molecule has 1 unspecified atom stereocenters. The number of nitrogens with zero attached hydrogens (tertiary/aromatic N) is 1. The van der Waals surface area contributed by atoms with Crippen molar-refractivity contribution < 1.29 is 4.74 Å². The average molecular weight is 421 g/mol. The third-order valence-corrected chi connectivity index (χ3v) is 3.95. The lowest BCUT2D eigenvalue weighted by atomic mass is 10.1. The Kier molecular flexibility index (Phi) is 8.91.